The Morgan fingerprint density at radius 1 is 1.00 bits per heavy atom. The third kappa shape index (κ3) is 4.47. The molecule has 0 aliphatic carbocycles. The van der Waals surface area contributed by atoms with E-state index in [2.05, 4.69) is 20.3 Å². The van der Waals surface area contributed by atoms with E-state index in [1.165, 1.54) is 41.5 Å². The van der Waals surface area contributed by atoms with Gasteiger partial charge in [-0.1, -0.05) is 11.6 Å². The van der Waals surface area contributed by atoms with Gasteiger partial charge in [-0.25, -0.2) is 19.3 Å². The number of aryl methyl sites for hydroxylation is 1. The minimum Gasteiger partial charge on any atom is -0.438 e. The molecule has 0 aliphatic rings. The van der Waals surface area contributed by atoms with Crippen LogP contribution in [0.3, 0.4) is 0 Å². The van der Waals surface area contributed by atoms with Crippen molar-refractivity contribution in [3.63, 3.8) is 0 Å². The Morgan fingerprint density at radius 2 is 1.82 bits per heavy atom. The first-order chi connectivity index (χ1) is 18.9. The van der Waals surface area contributed by atoms with Crippen molar-refractivity contribution < 1.29 is 13.9 Å². The number of benzene rings is 2. The van der Waals surface area contributed by atoms with E-state index in [4.69, 9.17) is 16.3 Å². The number of amides is 1. The highest BCUT2D eigenvalue weighted by atomic mass is 35.5. The molecule has 4 aromatic heterocycles. The van der Waals surface area contributed by atoms with Crippen molar-refractivity contribution in [2.75, 3.05) is 5.32 Å². The van der Waals surface area contributed by atoms with Crippen molar-refractivity contribution >= 4 is 45.3 Å². The summed E-state index contributed by atoms with van der Waals surface area (Å²) in [6.07, 6.45) is 6.19. The highest BCUT2D eigenvalue weighted by Crippen LogP contribution is 2.28. The van der Waals surface area contributed by atoms with Gasteiger partial charge in [0.05, 0.1) is 15.8 Å². The van der Waals surface area contributed by atoms with Gasteiger partial charge in [-0.15, -0.1) is 0 Å². The summed E-state index contributed by atoms with van der Waals surface area (Å²) in [7, 11) is 1.88. The molecule has 1 amide bonds. The van der Waals surface area contributed by atoms with Gasteiger partial charge >= 0.3 is 0 Å². The zero-order chi connectivity index (χ0) is 27.1. The molecule has 0 atom stereocenters. The summed E-state index contributed by atoms with van der Waals surface area (Å²) in [4.78, 5) is 39.2. The highest BCUT2D eigenvalue weighted by molar-refractivity contribution is 6.30. The van der Waals surface area contributed by atoms with E-state index in [1.807, 2.05) is 23.9 Å². The van der Waals surface area contributed by atoms with Gasteiger partial charge in [0.15, 0.2) is 0 Å². The lowest BCUT2D eigenvalue weighted by molar-refractivity contribution is 0.102. The average Bonchev–Trinajstić information content (AvgIpc) is 3.33. The Labute approximate surface area is 225 Å². The third-order valence-electron chi connectivity index (χ3n) is 6.14. The van der Waals surface area contributed by atoms with Crippen LogP contribution in [0.25, 0.3) is 27.8 Å². The molecular formula is C28H18ClFN6O3. The van der Waals surface area contributed by atoms with E-state index >= 15 is 0 Å². The molecule has 0 saturated heterocycles. The predicted molar refractivity (Wildman–Crippen MR) is 145 cm³/mol. The second-order valence-electron chi connectivity index (χ2n) is 8.64. The quantitative estimate of drug-likeness (QED) is 0.309. The summed E-state index contributed by atoms with van der Waals surface area (Å²) in [6, 6.07) is 15.8. The van der Waals surface area contributed by atoms with Crippen LogP contribution in [0, 0.1) is 5.82 Å². The minimum absolute atomic E-state index is 0.0986. The van der Waals surface area contributed by atoms with Crippen molar-refractivity contribution in [3.05, 3.63) is 112 Å². The predicted octanol–water partition coefficient (Wildman–Crippen LogP) is 5.50. The van der Waals surface area contributed by atoms with E-state index in [1.54, 1.807) is 36.4 Å². The van der Waals surface area contributed by atoms with Crippen molar-refractivity contribution in [3.8, 4) is 17.3 Å². The standard InChI is InChI=1S/C28H18ClFN6O3/c1-35-12-10-20-25(35)32-15-33-28(20)39-18-7-4-16(5-8-18)34-27(38)21-14-36(17-6-9-23(30)22(29)13-17)26-19(24(21)37)3-2-11-31-26/h2-15H,1H3,(H,34,38). The number of hydrogen-bond acceptors (Lipinski definition) is 6. The molecule has 0 unspecified atom stereocenters. The third-order valence-corrected chi connectivity index (χ3v) is 6.43. The number of fused-ring (bicyclic) bond motifs is 2. The van der Waals surface area contributed by atoms with E-state index in [0.29, 0.717) is 28.7 Å². The number of hydrogen-bond donors (Lipinski definition) is 1. The number of nitrogens with zero attached hydrogens (tertiary/aromatic N) is 5. The van der Waals surface area contributed by atoms with Gasteiger partial charge in [0.1, 0.15) is 34.8 Å². The molecule has 0 radical (unpaired) electrons. The molecule has 2 aromatic carbocycles. The van der Waals surface area contributed by atoms with Crippen LogP contribution in [0.5, 0.6) is 11.6 Å². The number of pyridine rings is 2. The fourth-order valence-electron chi connectivity index (χ4n) is 4.21. The largest absolute Gasteiger partial charge is 0.438 e. The molecule has 0 aliphatic heterocycles. The fourth-order valence-corrected chi connectivity index (χ4v) is 4.38. The molecule has 192 valence electrons. The van der Waals surface area contributed by atoms with Gasteiger partial charge in [0, 0.05) is 37.0 Å². The van der Waals surface area contributed by atoms with Gasteiger partial charge in [-0.3, -0.25) is 9.59 Å². The van der Waals surface area contributed by atoms with Crippen molar-refractivity contribution in [1.29, 1.82) is 0 Å². The molecule has 6 rings (SSSR count). The second-order valence-corrected chi connectivity index (χ2v) is 9.05. The van der Waals surface area contributed by atoms with Crippen LogP contribution in [0.15, 0.2) is 90.4 Å². The highest BCUT2D eigenvalue weighted by Gasteiger charge is 2.18. The van der Waals surface area contributed by atoms with Crippen LogP contribution >= 0.6 is 11.6 Å². The Hall–Kier alpha value is -5.09. The number of anilines is 1. The maximum atomic E-state index is 13.8. The van der Waals surface area contributed by atoms with E-state index < -0.39 is 17.2 Å². The van der Waals surface area contributed by atoms with Gasteiger partial charge < -0.3 is 19.2 Å². The Morgan fingerprint density at radius 3 is 2.62 bits per heavy atom. The zero-order valence-corrected chi connectivity index (χ0v) is 21.1. The lowest BCUT2D eigenvalue weighted by Crippen LogP contribution is -2.24. The first-order valence-electron chi connectivity index (χ1n) is 11.7. The van der Waals surface area contributed by atoms with E-state index in [0.717, 1.165) is 11.0 Å². The summed E-state index contributed by atoms with van der Waals surface area (Å²) < 4.78 is 23.1. The Bertz CT molecular complexity index is 1950. The molecule has 1 N–H and O–H groups in total. The van der Waals surface area contributed by atoms with Gasteiger partial charge in [0.25, 0.3) is 5.91 Å². The maximum absolute atomic E-state index is 13.8. The molecule has 4 heterocycles. The summed E-state index contributed by atoms with van der Waals surface area (Å²) in [5, 5.41) is 3.64. The Balaban J connectivity index is 1.30. The zero-order valence-electron chi connectivity index (χ0n) is 20.3. The SMILES string of the molecule is Cn1ccc2c(Oc3ccc(NC(=O)c4cn(-c5ccc(F)c(Cl)c5)c5ncccc5c4=O)cc3)ncnc21. The normalized spacial score (nSPS) is 11.2. The molecule has 9 nitrogen and oxygen atoms in total. The molecule has 0 saturated carbocycles. The number of carbonyl (C=O) groups is 1. The van der Waals surface area contributed by atoms with Gasteiger partial charge in [-0.05, 0) is 60.7 Å². The molecule has 39 heavy (non-hydrogen) atoms. The number of carbonyl (C=O) groups excluding carboxylic acids is 1. The number of ether oxygens (including phenoxy) is 1. The minimum atomic E-state index is -0.622. The van der Waals surface area contributed by atoms with Crippen LogP contribution in [0.2, 0.25) is 5.02 Å². The first kappa shape index (κ1) is 24.3. The first-order valence-corrected chi connectivity index (χ1v) is 12.1. The molecule has 0 spiro atoms. The smallest absolute Gasteiger partial charge is 0.261 e. The number of halogens is 2. The number of aromatic nitrogens is 5. The maximum Gasteiger partial charge on any atom is 0.261 e. The van der Waals surface area contributed by atoms with Crippen molar-refractivity contribution in [1.82, 2.24) is 24.1 Å². The Kier molecular flexibility index (Phi) is 6.01. The molecule has 11 heteroatoms. The van der Waals surface area contributed by atoms with E-state index in [9.17, 15) is 14.0 Å². The number of nitrogens with one attached hydrogen (secondary N) is 1. The number of rotatable bonds is 5. The van der Waals surface area contributed by atoms with Crippen LogP contribution in [0.1, 0.15) is 10.4 Å². The summed E-state index contributed by atoms with van der Waals surface area (Å²) >= 11 is 5.98. The summed E-state index contributed by atoms with van der Waals surface area (Å²) in [5.41, 5.74) is 1.32. The van der Waals surface area contributed by atoms with Crippen LogP contribution in [0.4, 0.5) is 10.1 Å². The topological polar surface area (TPSA) is 104 Å². The fraction of sp³-hybridized carbons (Fsp3) is 0.0357. The monoisotopic (exact) mass is 540 g/mol. The van der Waals surface area contributed by atoms with Crippen LogP contribution < -0.4 is 15.5 Å². The lowest BCUT2D eigenvalue weighted by Gasteiger charge is -2.13. The summed E-state index contributed by atoms with van der Waals surface area (Å²) in [5.74, 6) is -0.298. The van der Waals surface area contributed by atoms with E-state index in [-0.39, 0.29) is 16.0 Å². The van der Waals surface area contributed by atoms with Gasteiger partial charge in [0.2, 0.25) is 11.3 Å². The molecular weight excluding hydrogens is 523 g/mol. The summed E-state index contributed by atoms with van der Waals surface area (Å²) in [6.45, 7) is 0. The average molecular weight is 541 g/mol. The van der Waals surface area contributed by atoms with Crippen LogP contribution in [-0.2, 0) is 7.05 Å². The molecule has 0 bridgehead atoms. The molecule has 6 aromatic rings. The van der Waals surface area contributed by atoms with Crippen molar-refractivity contribution in [2.24, 2.45) is 7.05 Å². The van der Waals surface area contributed by atoms with Crippen LogP contribution in [-0.4, -0.2) is 30.0 Å². The van der Waals surface area contributed by atoms with Gasteiger partial charge in [-0.2, -0.15) is 0 Å². The molecule has 0 fully saturated rings. The van der Waals surface area contributed by atoms with Crippen molar-refractivity contribution in [2.45, 2.75) is 0 Å². The second kappa shape index (κ2) is 9.66. The lowest BCUT2D eigenvalue weighted by atomic mass is 10.1.